The van der Waals surface area contributed by atoms with E-state index < -0.39 is 0 Å². The van der Waals surface area contributed by atoms with Gasteiger partial charge in [-0.05, 0) is 32.8 Å². The molecule has 0 unspecified atom stereocenters. The van der Waals surface area contributed by atoms with E-state index in [2.05, 4.69) is 19.9 Å². The van der Waals surface area contributed by atoms with Gasteiger partial charge in [-0.25, -0.2) is 15.0 Å². The Morgan fingerprint density at radius 2 is 2.00 bits per heavy atom. The lowest BCUT2D eigenvalue weighted by atomic mass is 10.2. The molecule has 1 aliphatic rings. The maximum Gasteiger partial charge on any atom is 0.226 e. The zero-order valence-electron chi connectivity index (χ0n) is 11.1. The lowest BCUT2D eigenvalue weighted by Gasteiger charge is -2.23. The highest BCUT2D eigenvalue weighted by Crippen LogP contribution is 2.35. The van der Waals surface area contributed by atoms with Gasteiger partial charge >= 0.3 is 0 Å². The Morgan fingerprint density at radius 1 is 1.26 bits per heavy atom. The average Bonchev–Trinajstić information content (AvgIpc) is 2.95. The van der Waals surface area contributed by atoms with Gasteiger partial charge in [0.15, 0.2) is 5.13 Å². The van der Waals surface area contributed by atoms with E-state index >= 15 is 0 Å². The third kappa shape index (κ3) is 2.40. The largest absolute Gasteiger partial charge is 0.375 e. The quantitative estimate of drug-likeness (QED) is 0.912. The van der Waals surface area contributed by atoms with Crippen molar-refractivity contribution in [1.82, 2.24) is 15.0 Å². The van der Waals surface area contributed by atoms with Crippen LogP contribution in [0.2, 0.25) is 0 Å². The van der Waals surface area contributed by atoms with E-state index in [1.54, 1.807) is 0 Å². The molecule has 2 aromatic heterocycles. The molecule has 0 aromatic carbocycles. The molecule has 0 radical (unpaired) electrons. The van der Waals surface area contributed by atoms with E-state index in [-0.39, 0.29) is 6.04 Å². The molecule has 1 aliphatic heterocycles. The lowest BCUT2D eigenvalue weighted by molar-refractivity contribution is 0.682. The molecule has 19 heavy (non-hydrogen) atoms. The summed E-state index contributed by atoms with van der Waals surface area (Å²) in [5, 5.41) is 2.67. The summed E-state index contributed by atoms with van der Waals surface area (Å²) in [6.07, 6.45) is 2.22. The summed E-state index contributed by atoms with van der Waals surface area (Å²) >= 11 is 1.49. The van der Waals surface area contributed by atoms with Gasteiger partial charge in [-0.15, -0.1) is 11.3 Å². The zero-order chi connectivity index (χ0) is 13.4. The van der Waals surface area contributed by atoms with Crippen LogP contribution in [0.15, 0.2) is 11.4 Å². The molecule has 3 heterocycles. The summed E-state index contributed by atoms with van der Waals surface area (Å²) in [5.74, 6) is 0.812. The molecule has 100 valence electrons. The average molecular weight is 275 g/mol. The van der Waals surface area contributed by atoms with Crippen LogP contribution in [-0.2, 0) is 0 Å². The minimum absolute atomic E-state index is 0.259. The number of nitrogens with zero attached hydrogens (tertiary/aromatic N) is 4. The van der Waals surface area contributed by atoms with E-state index in [0.717, 1.165) is 42.4 Å². The Labute approximate surface area is 116 Å². The molecule has 6 heteroatoms. The van der Waals surface area contributed by atoms with Crippen molar-refractivity contribution in [3.63, 3.8) is 0 Å². The summed E-state index contributed by atoms with van der Waals surface area (Å²) in [6.45, 7) is 4.99. The number of hydrogen-bond donors (Lipinski definition) is 1. The summed E-state index contributed by atoms with van der Waals surface area (Å²) in [6, 6.07) is 2.25. The number of anilines is 2. The fraction of sp³-hybridized carbons (Fsp3) is 0.462. The van der Waals surface area contributed by atoms with Crippen LogP contribution in [0, 0.1) is 13.8 Å². The van der Waals surface area contributed by atoms with Gasteiger partial charge in [-0.2, -0.15) is 0 Å². The van der Waals surface area contributed by atoms with Crippen molar-refractivity contribution >= 4 is 22.4 Å². The van der Waals surface area contributed by atoms with Crippen molar-refractivity contribution in [3.8, 4) is 0 Å². The maximum atomic E-state index is 5.74. The number of rotatable bonds is 2. The topological polar surface area (TPSA) is 67.9 Å². The maximum absolute atomic E-state index is 5.74. The Balaban J connectivity index is 1.94. The van der Waals surface area contributed by atoms with Crippen LogP contribution < -0.4 is 10.6 Å². The normalized spacial score (nSPS) is 19.1. The van der Waals surface area contributed by atoms with Gasteiger partial charge in [0.05, 0.1) is 11.7 Å². The van der Waals surface area contributed by atoms with Gasteiger partial charge in [0.1, 0.15) is 0 Å². The highest BCUT2D eigenvalue weighted by Gasteiger charge is 2.29. The van der Waals surface area contributed by atoms with Gasteiger partial charge < -0.3 is 10.6 Å². The van der Waals surface area contributed by atoms with Gasteiger partial charge in [-0.3, -0.25) is 0 Å². The molecule has 2 aromatic rings. The third-order valence-corrected chi connectivity index (χ3v) is 4.05. The Hall–Kier alpha value is -1.69. The van der Waals surface area contributed by atoms with E-state index in [0.29, 0.717) is 5.13 Å². The fourth-order valence-electron chi connectivity index (χ4n) is 2.60. The van der Waals surface area contributed by atoms with Crippen molar-refractivity contribution < 1.29 is 0 Å². The monoisotopic (exact) mass is 275 g/mol. The Morgan fingerprint density at radius 3 is 2.63 bits per heavy atom. The van der Waals surface area contributed by atoms with Crippen molar-refractivity contribution in [1.29, 1.82) is 0 Å². The molecule has 5 nitrogen and oxygen atoms in total. The Bertz CT molecular complexity index is 574. The molecule has 2 N–H and O–H groups in total. The first kappa shape index (κ1) is 12.3. The smallest absolute Gasteiger partial charge is 0.226 e. The van der Waals surface area contributed by atoms with Crippen LogP contribution in [-0.4, -0.2) is 21.5 Å². The number of hydrogen-bond acceptors (Lipinski definition) is 6. The predicted molar refractivity (Wildman–Crippen MR) is 77.4 cm³/mol. The highest BCUT2D eigenvalue weighted by atomic mass is 32.1. The van der Waals surface area contributed by atoms with E-state index in [1.807, 2.05) is 25.3 Å². The van der Waals surface area contributed by atoms with E-state index in [1.165, 1.54) is 11.3 Å². The first-order valence-electron chi connectivity index (χ1n) is 6.43. The van der Waals surface area contributed by atoms with Gasteiger partial charge in [0.2, 0.25) is 5.95 Å². The highest BCUT2D eigenvalue weighted by molar-refractivity contribution is 7.13. The second-order valence-electron chi connectivity index (χ2n) is 4.91. The fourth-order valence-corrected chi connectivity index (χ4v) is 3.21. The van der Waals surface area contributed by atoms with E-state index in [9.17, 15) is 0 Å². The number of aromatic nitrogens is 3. The first-order valence-corrected chi connectivity index (χ1v) is 7.31. The lowest BCUT2D eigenvalue weighted by Crippen LogP contribution is -2.25. The molecule has 0 aliphatic carbocycles. The molecule has 0 spiro atoms. The number of aryl methyl sites for hydroxylation is 2. The van der Waals surface area contributed by atoms with Crippen molar-refractivity contribution in [2.45, 2.75) is 32.7 Å². The van der Waals surface area contributed by atoms with Crippen LogP contribution in [0.1, 0.15) is 36.0 Å². The van der Waals surface area contributed by atoms with Crippen LogP contribution in [0.5, 0.6) is 0 Å². The zero-order valence-corrected chi connectivity index (χ0v) is 11.9. The molecule has 1 saturated heterocycles. The minimum Gasteiger partial charge on any atom is -0.375 e. The minimum atomic E-state index is 0.259. The van der Waals surface area contributed by atoms with Gasteiger partial charge in [0.25, 0.3) is 0 Å². The summed E-state index contributed by atoms with van der Waals surface area (Å²) in [7, 11) is 0. The molecule has 0 saturated carbocycles. The standard InChI is InChI=1S/C13H17N5S/c1-8-6-9(2)16-13(15-8)18-5-3-4-11(18)10-7-19-12(14)17-10/h6-7,11H,3-5H2,1-2H3,(H2,14,17)/t11-/m0/s1. The molecular formula is C13H17N5S. The third-order valence-electron chi connectivity index (χ3n) is 3.36. The van der Waals surface area contributed by atoms with Crippen molar-refractivity contribution in [2.75, 3.05) is 17.2 Å². The molecule has 1 fully saturated rings. The van der Waals surface area contributed by atoms with Crippen molar-refractivity contribution in [2.24, 2.45) is 0 Å². The van der Waals surface area contributed by atoms with E-state index in [4.69, 9.17) is 5.73 Å². The second kappa shape index (κ2) is 4.77. The van der Waals surface area contributed by atoms with Crippen LogP contribution in [0.3, 0.4) is 0 Å². The first-order chi connectivity index (χ1) is 9.13. The molecule has 3 rings (SSSR count). The van der Waals surface area contributed by atoms with Crippen LogP contribution >= 0.6 is 11.3 Å². The van der Waals surface area contributed by atoms with Gasteiger partial charge in [0, 0.05) is 23.3 Å². The van der Waals surface area contributed by atoms with Gasteiger partial charge in [-0.1, -0.05) is 0 Å². The summed E-state index contributed by atoms with van der Waals surface area (Å²) in [4.78, 5) is 15.8. The number of nitrogen functional groups attached to an aromatic ring is 1. The summed E-state index contributed by atoms with van der Waals surface area (Å²) in [5.41, 5.74) is 8.79. The summed E-state index contributed by atoms with van der Waals surface area (Å²) < 4.78 is 0. The molecule has 0 bridgehead atoms. The SMILES string of the molecule is Cc1cc(C)nc(N2CCC[C@H]2c2csc(N)n2)n1. The van der Waals surface area contributed by atoms with Crippen molar-refractivity contribution in [3.05, 3.63) is 28.5 Å². The number of thiazole rings is 1. The molecular weight excluding hydrogens is 258 g/mol. The van der Waals surface area contributed by atoms with Crippen LogP contribution in [0.25, 0.3) is 0 Å². The molecule has 1 atom stereocenters. The number of nitrogens with two attached hydrogens (primary N) is 1. The Kier molecular flexibility index (Phi) is 3.10. The molecule has 0 amide bonds. The second-order valence-corrected chi connectivity index (χ2v) is 5.80. The van der Waals surface area contributed by atoms with Crippen LogP contribution in [0.4, 0.5) is 11.1 Å². The predicted octanol–water partition coefficient (Wildman–Crippen LogP) is 2.47.